The molecule has 13 heavy (non-hydrogen) atoms. The molecule has 1 aromatic heterocycles. The van der Waals surface area contributed by atoms with Gasteiger partial charge in [-0.15, -0.1) is 0 Å². The molecule has 0 radical (unpaired) electrons. The first-order valence-electron chi connectivity index (χ1n) is 3.10. The number of aromatic nitrogens is 1. The monoisotopic (exact) mass is 358 g/mol. The van der Waals surface area contributed by atoms with E-state index in [1.165, 1.54) is 6.07 Å². The molecule has 0 bridgehead atoms. The summed E-state index contributed by atoms with van der Waals surface area (Å²) in [7, 11) is 0. The van der Waals surface area contributed by atoms with Crippen molar-refractivity contribution in [2.75, 3.05) is 0 Å². The number of pyridine rings is 1. The predicted molar refractivity (Wildman–Crippen MR) is 54.3 cm³/mol. The van der Waals surface area contributed by atoms with Gasteiger partial charge < -0.3 is 0 Å². The van der Waals surface area contributed by atoms with Gasteiger partial charge in [-0.1, -0.05) is 0 Å². The number of alkyl halides is 2. The lowest BCUT2D eigenvalue weighted by Crippen LogP contribution is -1.96. The molecule has 6 heteroatoms. The van der Waals surface area contributed by atoms with E-state index in [4.69, 9.17) is 5.26 Å². The molecule has 0 amide bonds. The standard InChI is InChI=1S/C7H2BrF2IN2/c8-6-5(7(9)10)3(2-12)1-4(11)13-6/h1,7H. The van der Waals surface area contributed by atoms with Crippen LogP contribution in [-0.4, -0.2) is 4.98 Å². The Kier molecular flexibility index (Phi) is 3.55. The van der Waals surface area contributed by atoms with E-state index in [0.29, 0.717) is 3.70 Å². The summed E-state index contributed by atoms with van der Waals surface area (Å²) >= 11 is 4.75. The molecular formula is C7H2BrF2IN2. The minimum atomic E-state index is -2.69. The molecule has 0 saturated heterocycles. The highest BCUT2D eigenvalue weighted by Crippen LogP contribution is 2.29. The first-order chi connectivity index (χ1) is 6.06. The van der Waals surface area contributed by atoms with Crippen LogP contribution in [0.4, 0.5) is 8.78 Å². The lowest BCUT2D eigenvalue weighted by atomic mass is 10.2. The van der Waals surface area contributed by atoms with Crippen LogP contribution in [-0.2, 0) is 0 Å². The SMILES string of the molecule is N#Cc1cc(I)nc(Br)c1C(F)F. The van der Waals surface area contributed by atoms with E-state index in [-0.39, 0.29) is 15.7 Å². The highest BCUT2D eigenvalue weighted by atomic mass is 127. The van der Waals surface area contributed by atoms with E-state index in [1.807, 2.05) is 22.6 Å². The van der Waals surface area contributed by atoms with E-state index in [9.17, 15) is 8.78 Å². The van der Waals surface area contributed by atoms with Crippen molar-refractivity contribution < 1.29 is 8.78 Å². The molecule has 1 aromatic rings. The molecule has 68 valence electrons. The van der Waals surface area contributed by atoms with Gasteiger partial charge in [0.05, 0.1) is 17.2 Å². The fourth-order valence-corrected chi connectivity index (χ4v) is 2.26. The van der Waals surface area contributed by atoms with E-state index >= 15 is 0 Å². The Bertz CT molecular complexity index is 375. The van der Waals surface area contributed by atoms with Crippen molar-refractivity contribution in [2.24, 2.45) is 0 Å². The first kappa shape index (κ1) is 10.8. The average molecular weight is 359 g/mol. The normalized spacial score (nSPS) is 10.2. The first-order valence-corrected chi connectivity index (χ1v) is 4.97. The molecule has 1 rings (SSSR count). The third-order valence-electron chi connectivity index (χ3n) is 1.32. The van der Waals surface area contributed by atoms with Gasteiger partial charge in [0.25, 0.3) is 6.43 Å². The van der Waals surface area contributed by atoms with Crippen molar-refractivity contribution in [3.05, 3.63) is 25.5 Å². The van der Waals surface area contributed by atoms with E-state index in [0.717, 1.165) is 0 Å². The lowest BCUT2D eigenvalue weighted by Gasteiger charge is -2.04. The molecule has 0 aliphatic rings. The third kappa shape index (κ3) is 2.34. The van der Waals surface area contributed by atoms with Gasteiger partial charge in [-0.25, -0.2) is 13.8 Å². The molecule has 0 spiro atoms. The summed E-state index contributed by atoms with van der Waals surface area (Å²) in [6.45, 7) is 0. The molecule has 0 N–H and O–H groups in total. The Balaban J connectivity index is 3.41. The number of rotatable bonds is 1. The van der Waals surface area contributed by atoms with Gasteiger partial charge in [-0.3, -0.25) is 0 Å². The molecule has 0 unspecified atom stereocenters. The molecular weight excluding hydrogens is 357 g/mol. The van der Waals surface area contributed by atoms with Crippen LogP contribution in [0.15, 0.2) is 10.7 Å². The van der Waals surface area contributed by atoms with Crippen LogP contribution < -0.4 is 0 Å². The molecule has 0 aliphatic carbocycles. The largest absolute Gasteiger partial charge is 0.267 e. The lowest BCUT2D eigenvalue weighted by molar-refractivity contribution is 0.149. The fraction of sp³-hybridized carbons (Fsp3) is 0.143. The van der Waals surface area contributed by atoms with Crippen LogP contribution in [0, 0.1) is 15.0 Å². The molecule has 2 nitrogen and oxygen atoms in total. The highest BCUT2D eigenvalue weighted by Gasteiger charge is 2.18. The van der Waals surface area contributed by atoms with Gasteiger partial charge in [0.1, 0.15) is 8.30 Å². The summed E-state index contributed by atoms with van der Waals surface area (Å²) < 4.78 is 25.3. The second-order valence-corrected chi connectivity index (χ2v) is 3.97. The van der Waals surface area contributed by atoms with E-state index in [1.54, 1.807) is 6.07 Å². The highest BCUT2D eigenvalue weighted by molar-refractivity contribution is 14.1. The molecule has 0 atom stereocenters. The summed E-state index contributed by atoms with van der Waals surface area (Å²) in [6, 6.07) is 3.03. The molecule has 0 fully saturated rings. The van der Waals surface area contributed by atoms with Crippen molar-refractivity contribution in [2.45, 2.75) is 6.43 Å². The van der Waals surface area contributed by atoms with Crippen LogP contribution in [0.1, 0.15) is 17.6 Å². The Labute approximate surface area is 95.2 Å². The number of nitriles is 1. The van der Waals surface area contributed by atoms with Crippen molar-refractivity contribution >= 4 is 38.5 Å². The minimum Gasteiger partial charge on any atom is -0.234 e. The van der Waals surface area contributed by atoms with Crippen LogP contribution in [0.5, 0.6) is 0 Å². The summed E-state index contributed by atoms with van der Waals surface area (Å²) in [6.07, 6.45) is -2.69. The number of nitrogens with zero attached hydrogens (tertiary/aromatic N) is 2. The van der Waals surface area contributed by atoms with Gasteiger partial charge >= 0.3 is 0 Å². The van der Waals surface area contributed by atoms with Gasteiger partial charge in [0.15, 0.2) is 0 Å². The van der Waals surface area contributed by atoms with Crippen LogP contribution in [0.2, 0.25) is 0 Å². The maximum absolute atomic E-state index is 12.4. The average Bonchev–Trinajstić information content (AvgIpc) is 2.01. The van der Waals surface area contributed by atoms with E-state index < -0.39 is 6.43 Å². The maximum Gasteiger partial charge on any atom is 0.267 e. The molecule has 0 aromatic carbocycles. The molecule has 0 aliphatic heterocycles. The maximum atomic E-state index is 12.4. The zero-order valence-corrected chi connectivity index (χ0v) is 9.80. The van der Waals surface area contributed by atoms with Gasteiger partial charge in [-0.05, 0) is 44.6 Å². The van der Waals surface area contributed by atoms with Crippen molar-refractivity contribution in [3.8, 4) is 6.07 Å². The molecule has 1 heterocycles. The summed E-state index contributed by atoms with van der Waals surface area (Å²) in [4.78, 5) is 3.78. The third-order valence-corrected chi connectivity index (χ3v) is 2.48. The topological polar surface area (TPSA) is 36.7 Å². The predicted octanol–water partition coefficient (Wildman–Crippen LogP) is 3.26. The van der Waals surface area contributed by atoms with Crippen LogP contribution >= 0.6 is 38.5 Å². The fourth-order valence-electron chi connectivity index (χ4n) is 0.794. The summed E-state index contributed by atoms with van der Waals surface area (Å²) in [5.74, 6) is 0. The number of hydrogen-bond acceptors (Lipinski definition) is 2. The minimum absolute atomic E-state index is 0.0333. The smallest absolute Gasteiger partial charge is 0.234 e. The van der Waals surface area contributed by atoms with Gasteiger partial charge in [0, 0.05) is 0 Å². The number of hydrogen-bond donors (Lipinski definition) is 0. The van der Waals surface area contributed by atoms with Crippen LogP contribution in [0.25, 0.3) is 0 Å². The van der Waals surface area contributed by atoms with E-state index in [2.05, 4.69) is 20.9 Å². The number of halogens is 4. The molecule has 0 saturated carbocycles. The quantitative estimate of drug-likeness (QED) is 0.570. The second kappa shape index (κ2) is 4.28. The summed E-state index contributed by atoms with van der Waals surface area (Å²) in [5, 5.41) is 8.58. The summed E-state index contributed by atoms with van der Waals surface area (Å²) in [5.41, 5.74) is -0.385. The Morgan fingerprint density at radius 1 is 1.62 bits per heavy atom. The van der Waals surface area contributed by atoms with Crippen molar-refractivity contribution in [1.29, 1.82) is 5.26 Å². The van der Waals surface area contributed by atoms with Gasteiger partial charge in [-0.2, -0.15) is 5.26 Å². The Morgan fingerprint density at radius 2 is 2.23 bits per heavy atom. The van der Waals surface area contributed by atoms with Crippen molar-refractivity contribution in [1.82, 2.24) is 4.98 Å². The van der Waals surface area contributed by atoms with Gasteiger partial charge in [0.2, 0.25) is 0 Å². The zero-order valence-electron chi connectivity index (χ0n) is 6.06. The zero-order chi connectivity index (χ0) is 10.0. The van der Waals surface area contributed by atoms with Crippen molar-refractivity contribution in [3.63, 3.8) is 0 Å². The second-order valence-electron chi connectivity index (χ2n) is 2.11. The Morgan fingerprint density at radius 3 is 2.69 bits per heavy atom. The Hall–Kier alpha value is -0.290. The van der Waals surface area contributed by atoms with Crippen LogP contribution in [0.3, 0.4) is 0 Å².